The van der Waals surface area contributed by atoms with E-state index in [0.717, 1.165) is 50.1 Å². The quantitative estimate of drug-likeness (QED) is 0.170. The van der Waals surface area contributed by atoms with E-state index in [1.165, 1.54) is 53.2 Å². The summed E-state index contributed by atoms with van der Waals surface area (Å²) in [5.41, 5.74) is 12.2. The van der Waals surface area contributed by atoms with Crippen molar-refractivity contribution in [3.8, 4) is 33.4 Å². The van der Waals surface area contributed by atoms with E-state index in [9.17, 15) is 0 Å². The van der Waals surface area contributed by atoms with Crippen LogP contribution in [0.3, 0.4) is 0 Å². The Morgan fingerprint density at radius 3 is 1.89 bits per heavy atom. The van der Waals surface area contributed by atoms with Gasteiger partial charge < -0.3 is 9.32 Å². The first kappa shape index (κ1) is 31.6. The van der Waals surface area contributed by atoms with E-state index in [0.29, 0.717) is 0 Å². The standard InChI is InChI=1S/C52H33NOS/c1-2-17-39-34(13-1)14-10-21-40(39)36-15-9-16-37(33-36)41-18-3-6-24-46(41)53(47-25-12-27-49-51(47)45-20-4-7-26-48(45)54-49)38-31-29-35(30-32-38)42-22-11-23-44-43-19-5-8-28-50(43)55-52(42)44/h1-33H. The minimum absolute atomic E-state index is 0.868. The summed E-state index contributed by atoms with van der Waals surface area (Å²) < 4.78 is 9.08. The van der Waals surface area contributed by atoms with Gasteiger partial charge in [0.05, 0.1) is 16.8 Å². The van der Waals surface area contributed by atoms with Gasteiger partial charge in [0.25, 0.3) is 0 Å². The maximum atomic E-state index is 6.45. The fourth-order valence-electron chi connectivity index (χ4n) is 8.36. The Balaban J connectivity index is 1.10. The average molecular weight is 720 g/mol. The van der Waals surface area contributed by atoms with Crippen LogP contribution in [0.4, 0.5) is 17.1 Å². The fraction of sp³-hybridized carbons (Fsp3) is 0. The first-order valence-electron chi connectivity index (χ1n) is 18.7. The lowest BCUT2D eigenvalue weighted by Crippen LogP contribution is -2.11. The van der Waals surface area contributed by atoms with Gasteiger partial charge in [-0.25, -0.2) is 0 Å². The maximum Gasteiger partial charge on any atom is 0.137 e. The molecular formula is C52H33NOS. The molecule has 0 aliphatic heterocycles. The van der Waals surface area contributed by atoms with Crippen LogP contribution in [0.25, 0.3) is 86.3 Å². The van der Waals surface area contributed by atoms with Crippen molar-refractivity contribution in [2.75, 3.05) is 4.90 Å². The molecule has 2 heterocycles. The predicted octanol–water partition coefficient (Wildman–Crippen LogP) is 15.6. The van der Waals surface area contributed by atoms with E-state index >= 15 is 0 Å². The number of hydrogen-bond acceptors (Lipinski definition) is 3. The molecule has 0 N–H and O–H groups in total. The highest BCUT2D eigenvalue weighted by atomic mass is 32.1. The van der Waals surface area contributed by atoms with Crippen LogP contribution in [-0.2, 0) is 0 Å². The highest BCUT2D eigenvalue weighted by Gasteiger charge is 2.22. The van der Waals surface area contributed by atoms with E-state index in [1.807, 2.05) is 17.4 Å². The van der Waals surface area contributed by atoms with Crippen molar-refractivity contribution in [1.82, 2.24) is 0 Å². The van der Waals surface area contributed by atoms with Crippen molar-refractivity contribution < 1.29 is 4.42 Å². The summed E-state index contributed by atoms with van der Waals surface area (Å²) in [6.45, 7) is 0. The fourth-order valence-corrected chi connectivity index (χ4v) is 9.60. The molecule has 2 nitrogen and oxygen atoms in total. The largest absolute Gasteiger partial charge is 0.456 e. The molecule has 2 aromatic heterocycles. The molecule has 0 bridgehead atoms. The molecule has 0 aliphatic carbocycles. The van der Waals surface area contributed by atoms with E-state index in [4.69, 9.17) is 4.42 Å². The summed E-state index contributed by atoms with van der Waals surface area (Å²) in [6, 6.07) is 72.2. The third-order valence-corrected chi connectivity index (χ3v) is 12.1. The van der Waals surface area contributed by atoms with Crippen molar-refractivity contribution in [2.45, 2.75) is 0 Å². The monoisotopic (exact) mass is 719 g/mol. The molecule has 0 radical (unpaired) electrons. The van der Waals surface area contributed by atoms with Crippen LogP contribution in [0.15, 0.2) is 205 Å². The van der Waals surface area contributed by atoms with Gasteiger partial charge in [0.15, 0.2) is 0 Å². The lowest BCUT2D eigenvalue weighted by Gasteiger charge is -2.29. The van der Waals surface area contributed by atoms with Gasteiger partial charge in [-0.1, -0.05) is 152 Å². The summed E-state index contributed by atoms with van der Waals surface area (Å²) in [7, 11) is 0. The van der Waals surface area contributed by atoms with Crippen LogP contribution in [0.1, 0.15) is 0 Å². The molecule has 0 saturated carbocycles. The minimum atomic E-state index is 0.868. The van der Waals surface area contributed by atoms with Gasteiger partial charge in [0.2, 0.25) is 0 Å². The third-order valence-electron chi connectivity index (χ3n) is 10.9. The van der Waals surface area contributed by atoms with E-state index in [-0.39, 0.29) is 0 Å². The zero-order valence-corrected chi connectivity index (χ0v) is 30.6. The normalized spacial score (nSPS) is 11.6. The lowest BCUT2D eigenvalue weighted by molar-refractivity contribution is 0.669. The van der Waals surface area contributed by atoms with Gasteiger partial charge in [0.1, 0.15) is 11.2 Å². The van der Waals surface area contributed by atoms with E-state index in [2.05, 4.69) is 199 Å². The summed E-state index contributed by atoms with van der Waals surface area (Å²) in [5.74, 6) is 0. The molecule has 0 spiro atoms. The molecule has 9 aromatic carbocycles. The highest BCUT2D eigenvalue weighted by Crippen LogP contribution is 2.47. The SMILES string of the molecule is c1cc(-c2ccccc2N(c2ccc(-c3cccc4c3sc3ccccc34)cc2)c2cccc3oc4ccccc4c23)cc(-c2cccc3ccccc23)c1. The number of anilines is 3. The lowest BCUT2D eigenvalue weighted by atomic mass is 9.94. The van der Waals surface area contributed by atoms with Crippen LogP contribution in [-0.4, -0.2) is 0 Å². The summed E-state index contributed by atoms with van der Waals surface area (Å²) >= 11 is 1.87. The molecule has 0 fully saturated rings. The van der Waals surface area contributed by atoms with Crippen LogP contribution in [0.2, 0.25) is 0 Å². The first-order valence-corrected chi connectivity index (χ1v) is 19.5. The minimum Gasteiger partial charge on any atom is -0.456 e. The number of para-hydroxylation sites is 2. The van der Waals surface area contributed by atoms with Crippen LogP contribution in [0, 0.1) is 0 Å². The molecule has 0 amide bonds. The number of furan rings is 1. The van der Waals surface area contributed by atoms with Crippen molar-refractivity contribution >= 4 is 81.3 Å². The van der Waals surface area contributed by atoms with Gasteiger partial charge in [-0.15, -0.1) is 11.3 Å². The molecule has 0 aliphatic rings. The molecule has 0 saturated heterocycles. The van der Waals surface area contributed by atoms with Gasteiger partial charge >= 0.3 is 0 Å². The Morgan fingerprint density at radius 1 is 0.382 bits per heavy atom. The number of fused-ring (bicyclic) bond motifs is 7. The second-order valence-corrected chi connectivity index (χ2v) is 15.1. The number of benzene rings is 9. The maximum absolute atomic E-state index is 6.45. The Kier molecular flexibility index (Phi) is 7.39. The smallest absolute Gasteiger partial charge is 0.137 e. The highest BCUT2D eigenvalue weighted by molar-refractivity contribution is 7.26. The molecule has 11 aromatic rings. The van der Waals surface area contributed by atoms with Crippen molar-refractivity contribution in [3.63, 3.8) is 0 Å². The second-order valence-electron chi connectivity index (χ2n) is 14.0. The Morgan fingerprint density at radius 2 is 0.982 bits per heavy atom. The van der Waals surface area contributed by atoms with Crippen LogP contribution >= 0.6 is 11.3 Å². The van der Waals surface area contributed by atoms with E-state index in [1.54, 1.807) is 0 Å². The van der Waals surface area contributed by atoms with E-state index < -0.39 is 0 Å². The van der Waals surface area contributed by atoms with Gasteiger partial charge in [-0.05, 0) is 87.1 Å². The van der Waals surface area contributed by atoms with Gasteiger partial charge in [0, 0.05) is 36.8 Å². The van der Waals surface area contributed by atoms with Gasteiger partial charge in [-0.3, -0.25) is 0 Å². The molecule has 3 heteroatoms. The molecule has 0 atom stereocenters. The number of nitrogens with zero attached hydrogens (tertiary/aromatic N) is 1. The molecular weight excluding hydrogens is 687 g/mol. The zero-order chi connectivity index (χ0) is 36.3. The topological polar surface area (TPSA) is 16.4 Å². The van der Waals surface area contributed by atoms with Crippen molar-refractivity contribution in [3.05, 3.63) is 200 Å². The third kappa shape index (κ3) is 5.24. The number of thiophene rings is 1. The number of hydrogen-bond donors (Lipinski definition) is 0. The Labute approximate surface area is 322 Å². The summed E-state index contributed by atoms with van der Waals surface area (Å²) in [4.78, 5) is 2.41. The summed E-state index contributed by atoms with van der Waals surface area (Å²) in [5, 5.41) is 7.31. The molecule has 55 heavy (non-hydrogen) atoms. The molecule has 258 valence electrons. The Bertz CT molecular complexity index is 3220. The zero-order valence-electron chi connectivity index (χ0n) is 29.8. The second kappa shape index (κ2) is 12.9. The van der Waals surface area contributed by atoms with Crippen LogP contribution in [0.5, 0.6) is 0 Å². The molecule has 11 rings (SSSR count). The van der Waals surface area contributed by atoms with Crippen molar-refractivity contribution in [2.24, 2.45) is 0 Å². The van der Waals surface area contributed by atoms with Crippen molar-refractivity contribution in [1.29, 1.82) is 0 Å². The molecule has 0 unspecified atom stereocenters. The van der Waals surface area contributed by atoms with Crippen LogP contribution < -0.4 is 4.90 Å². The number of rotatable bonds is 6. The first-order chi connectivity index (χ1) is 27.3. The van der Waals surface area contributed by atoms with Gasteiger partial charge in [-0.2, -0.15) is 0 Å². The summed E-state index contributed by atoms with van der Waals surface area (Å²) in [6.07, 6.45) is 0. The Hall–Kier alpha value is -6.94. The predicted molar refractivity (Wildman–Crippen MR) is 235 cm³/mol. The average Bonchev–Trinajstić information content (AvgIpc) is 3.83.